The molecule has 1 aromatic heterocycles. The van der Waals surface area contributed by atoms with Gasteiger partial charge in [0.25, 0.3) is 5.91 Å². The maximum absolute atomic E-state index is 11.8. The highest BCUT2D eigenvalue weighted by molar-refractivity contribution is 5.94. The van der Waals surface area contributed by atoms with E-state index >= 15 is 0 Å². The van der Waals surface area contributed by atoms with E-state index in [1.54, 1.807) is 12.3 Å². The van der Waals surface area contributed by atoms with Crippen LogP contribution in [0.2, 0.25) is 0 Å². The number of nitrogens with zero attached hydrogens (tertiary/aromatic N) is 2. The molecule has 17 heavy (non-hydrogen) atoms. The zero-order chi connectivity index (χ0) is 12.1. The number of hydrogen-bond acceptors (Lipinski definition) is 3. The molecule has 1 N–H and O–H groups in total. The van der Waals surface area contributed by atoms with Gasteiger partial charge in [-0.3, -0.25) is 9.78 Å². The molecule has 1 aromatic rings. The third kappa shape index (κ3) is 2.84. The van der Waals surface area contributed by atoms with E-state index in [1.165, 1.54) is 12.8 Å². The molecule has 4 heteroatoms. The van der Waals surface area contributed by atoms with E-state index < -0.39 is 0 Å². The van der Waals surface area contributed by atoms with Crippen LogP contribution in [0.1, 0.15) is 23.2 Å². The predicted molar refractivity (Wildman–Crippen MR) is 68.2 cm³/mol. The topological polar surface area (TPSA) is 45.2 Å². The van der Waals surface area contributed by atoms with Gasteiger partial charge in [-0.15, -0.1) is 6.58 Å². The van der Waals surface area contributed by atoms with Crippen molar-refractivity contribution in [2.75, 3.05) is 24.5 Å². The molecule has 4 nitrogen and oxygen atoms in total. The van der Waals surface area contributed by atoms with Crippen LogP contribution < -0.4 is 10.2 Å². The van der Waals surface area contributed by atoms with Gasteiger partial charge in [-0.1, -0.05) is 6.08 Å². The number of carbonyl (C=O) groups excluding carboxylic acids is 1. The van der Waals surface area contributed by atoms with E-state index in [2.05, 4.69) is 21.8 Å². The number of amides is 1. The van der Waals surface area contributed by atoms with Crippen LogP contribution in [0.15, 0.2) is 31.1 Å². The van der Waals surface area contributed by atoms with Gasteiger partial charge in [-0.2, -0.15) is 0 Å². The molecular weight excluding hydrogens is 214 g/mol. The number of aromatic nitrogens is 1. The standard InChI is InChI=1S/C13H17N3O/c1-2-5-15-13(17)11-8-12(10-14-9-11)16-6-3-4-7-16/h2,8-10H,1,3-7H2,(H,15,17). The smallest absolute Gasteiger partial charge is 0.253 e. The molecule has 1 aliphatic rings. The summed E-state index contributed by atoms with van der Waals surface area (Å²) >= 11 is 0. The van der Waals surface area contributed by atoms with Crippen LogP contribution in [-0.4, -0.2) is 30.5 Å². The monoisotopic (exact) mass is 231 g/mol. The summed E-state index contributed by atoms with van der Waals surface area (Å²) < 4.78 is 0. The van der Waals surface area contributed by atoms with Crippen molar-refractivity contribution in [3.05, 3.63) is 36.7 Å². The number of pyridine rings is 1. The van der Waals surface area contributed by atoms with E-state index in [0.29, 0.717) is 12.1 Å². The average molecular weight is 231 g/mol. The highest BCUT2D eigenvalue weighted by Crippen LogP contribution is 2.19. The van der Waals surface area contributed by atoms with Crippen LogP contribution in [0, 0.1) is 0 Å². The number of rotatable bonds is 4. The van der Waals surface area contributed by atoms with Crippen molar-refractivity contribution in [3.8, 4) is 0 Å². The first-order chi connectivity index (χ1) is 8.31. The lowest BCUT2D eigenvalue weighted by molar-refractivity contribution is 0.0957. The van der Waals surface area contributed by atoms with Crippen molar-refractivity contribution in [2.45, 2.75) is 12.8 Å². The number of nitrogens with one attached hydrogen (secondary N) is 1. The Balaban J connectivity index is 2.10. The number of anilines is 1. The number of carbonyl (C=O) groups is 1. The summed E-state index contributed by atoms with van der Waals surface area (Å²) in [5, 5.41) is 2.75. The van der Waals surface area contributed by atoms with E-state index in [4.69, 9.17) is 0 Å². The summed E-state index contributed by atoms with van der Waals surface area (Å²) in [6, 6.07) is 1.90. The minimum absolute atomic E-state index is 0.0987. The normalized spacial score (nSPS) is 14.7. The predicted octanol–water partition coefficient (Wildman–Crippen LogP) is 1.60. The van der Waals surface area contributed by atoms with Gasteiger partial charge in [0.2, 0.25) is 0 Å². The molecule has 0 atom stereocenters. The first-order valence-electron chi connectivity index (χ1n) is 5.90. The summed E-state index contributed by atoms with van der Waals surface area (Å²) in [5.41, 5.74) is 1.64. The average Bonchev–Trinajstić information content (AvgIpc) is 2.90. The lowest BCUT2D eigenvalue weighted by Gasteiger charge is -2.17. The lowest BCUT2D eigenvalue weighted by atomic mass is 10.2. The summed E-state index contributed by atoms with van der Waals surface area (Å²) in [7, 11) is 0. The largest absolute Gasteiger partial charge is 0.370 e. The van der Waals surface area contributed by atoms with E-state index in [1.807, 2.05) is 12.3 Å². The Morgan fingerprint density at radius 1 is 1.47 bits per heavy atom. The minimum atomic E-state index is -0.0987. The Labute approximate surface area is 101 Å². The van der Waals surface area contributed by atoms with Gasteiger partial charge in [-0.25, -0.2) is 0 Å². The molecule has 0 aliphatic carbocycles. The fourth-order valence-corrected chi connectivity index (χ4v) is 1.97. The van der Waals surface area contributed by atoms with Crippen molar-refractivity contribution in [1.82, 2.24) is 10.3 Å². The molecule has 0 spiro atoms. The molecule has 0 saturated carbocycles. The third-order valence-corrected chi connectivity index (χ3v) is 2.86. The first-order valence-corrected chi connectivity index (χ1v) is 5.90. The second-order valence-electron chi connectivity index (χ2n) is 4.12. The first kappa shape index (κ1) is 11.6. The summed E-state index contributed by atoms with van der Waals surface area (Å²) in [4.78, 5) is 18.1. The fraction of sp³-hybridized carbons (Fsp3) is 0.385. The summed E-state index contributed by atoms with van der Waals surface area (Å²) in [6.07, 6.45) is 7.50. The highest BCUT2D eigenvalue weighted by atomic mass is 16.1. The van der Waals surface area contributed by atoms with Gasteiger partial charge in [-0.05, 0) is 18.9 Å². The Morgan fingerprint density at radius 2 is 2.24 bits per heavy atom. The van der Waals surface area contributed by atoms with Crippen molar-refractivity contribution in [1.29, 1.82) is 0 Å². The van der Waals surface area contributed by atoms with Crippen LogP contribution >= 0.6 is 0 Å². The van der Waals surface area contributed by atoms with Crippen molar-refractivity contribution in [3.63, 3.8) is 0 Å². The molecule has 0 unspecified atom stereocenters. The zero-order valence-corrected chi connectivity index (χ0v) is 9.85. The van der Waals surface area contributed by atoms with Gasteiger partial charge in [0.05, 0.1) is 17.4 Å². The van der Waals surface area contributed by atoms with E-state index in [9.17, 15) is 4.79 Å². The molecular formula is C13H17N3O. The SMILES string of the molecule is C=CCNC(=O)c1cncc(N2CCCC2)c1. The molecule has 0 bridgehead atoms. The molecule has 0 radical (unpaired) electrons. The minimum Gasteiger partial charge on any atom is -0.370 e. The molecule has 1 aliphatic heterocycles. The summed E-state index contributed by atoms with van der Waals surface area (Å²) in [6.45, 7) is 6.16. The van der Waals surface area contributed by atoms with Gasteiger partial charge < -0.3 is 10.2 Å². The molecule has 2 rings (SSSR count). The Bertz CT molecular complexity index is 411. The van der Waals surface area contributed by atoms with Crippen LogP contribution in [0.4, 0.5) is 5.69 Å². The third-order valence-electron chi connectivity index (χ3n) is 2.86. The van der Waals surface area contributed by atoms with Crippen LogP contribution in [0.5, 0.6) is 0 Å². The Kier molecular flexibility index (Phi) is 3.75. The Morgan fingerprint density at radius 3 is 2.94 bits per heavy atom. The second kappa shape index (κ2) is 5.48. The van der Waals surface area contributed by atoms with Crippen LogP contribution in [0.25, 0.3) is 0 Å². The van der Waals surface area contributed by atoms with Gasteiger partial charge in [0.15, 0.2) is 0 Å². The molecule has 1 fully saturated rings. The second-order valence-corrected chi connectivity index (χ2v) is 4.12. The van der Waals surface area contributed by atoms with Crippen molar-refractivity contribution in [2.24, 2.45) is 0 Å². The lowest BCUT2D eigenvalue weighted by Crippen LogP contribution is -2.24. The maximum atomic E-state index is 11.8. The zero-order valence-electron chi connectivity index (χ0n) is 9.85. The van der Waals surface area contributed by atoms with Crippen LogP contribution in [0.3, 0.4) is 0 Å². The maximum Gasteiger partial charge on any atom is 0.253 e. The Hall–Kier alpha value is -1.84. The highest BCUT2D eigenvalue weighted by Gasteiger charge is 2.14. The quantitative estimate of drug-likeness (QED) is 0.800. The van der Waals surface area contributed by atoms with E-state index in [0.717, 1.165) is 18.8 Å². The van der Waals surface area contributed by atoms with Crippen molar-refractivity contribution < 1.29 is 4.79 Å². The molecule has 90 valence electrons. The molecule has 2 heterocycles. The molecule has 1 amide bonds. The summed E-state index contributed by atoms with van der Waals surface area (Å²) in [5.74, 6) is -0.0987. The van der Waals surface area contributed by atoms with E-state index in [-0.39, 0.29) is 5.91 Å². The molecule has 1 saturated heterocycles. The fourth-order valence-electron chi connectivity index (χ4n) is 1.97. The number of hydrogen-bond donors (Lipinski definition) is 1. The van der Waals surface area contributed by atoms with Gasteiger partial charge in [0.1, 0.15) is 0 Å². The molecule has 0 aromatic carbocycles. The van der Waals surface area contributed by atoms with Crippen LogP contribution in [-0.2, 0) is 0 Å². The van der Waals surface area contributed by atoms with Gasteiger partial charge >= 0.3 is 0 Å². The van der Waals surface area contributed by atoms with Gasteiger partial charge in [0, 0.05) is 25.8 Å². The van der Waals surface area contributed by atoms with Crippen molar-refractivity contribution >= 4 is 11.6 Å².